The second-order valence-corrected chi connectivity index (χ2v) is 7.22. The molecular weight excluding hydrogens is 347 g/mol. The lowest BCUT2D eigenvalue weighted by atomic mass is 10.3. The van der Waals surface area contributed by atoms with E-state index in [1.165, 1.54) is 10.4 Å². The van der Waals surface area contributed by atoms with Gasteiger partial charge in [0.15, 0.2) is 0 Å². The van der Waals surface area contributed by atoms with Crippen molar-refractivity contribution in [3.8, 4) is 12.3 Å². The van der Waals surface area contributed by atoms with E-state index in [4.69, 9.17) is 6.42 Å². The molecule has 0 amide bonds. The first-order valence-electron chi connectivity index (χ1n) is 6.06. The molecule has 7 heteroatoms. The van der Waals surface area contributed by atoms with Crippen molar-refractivity contribution in [3.05, 3.63) is 28.5 Å². The molecule has 0 unspecified atom stereocenters. The van der Waals surface area contributed by atoms with Gasteiger partial charge in [0.2, 0.25) is 10.0 Å². The summed E-state index contributed by atoms with van der Waals surface area (Å²) in [5.74, 6) is 2.07. The Morgan fingerprint density at radius 3 is 2.50 bits per heavy atom. The van der Waals surface area contributed by atoms with E-state index in [9.17, 15) is 12.8 Å². The summed E-state index contributed by atoms with van der Waals surface area (Å²) >= 11 is 3.10. The van der Waals surface area contributed by atoms with E-state index in [1.807, 2.05) is 4.90 Å². The van der Waals surface area contributed by atoms with Crippen LogP contribution in [0.15, 0.2) is 27.6 Å². The van der Waals surface area contributed by atoms with Gasteiger partial charge in [0.1, 0.15) is 5.82 Å². The van der Waals surface area contributed by atoms with Gasteiger partial charge in [-0.1, -0.05) is 5.92 Å². The third-order valence-electron chi connectivity index (χ3n) is 3.16. The average Bonchev–Trinajstić information content (AvgIpc) is 2.39. The molecule has 0 spiro atoms. The highest BCUT2D eigenvalue weighted by atomic mass is 79.9. The van der Waals surface area contributed by atoms with Crippen LogP contribution in [-0.4, -0.2) is 50.3 Å². The Hall–Kier alpha value is -0.940. The molecule has 4 nitrogen and oxygen atoms in total. The monoisotopic (exact) mass is 360 g/mol. The van der Waals surface area contributed by atoms with Gasteiger partial charge in [-0.3, -0.25) is 4.90 Å². The van der Waals surface area contributed by atoms with E-state index < -0.39 is 15.8 Å². The Balaban J connectivity index is 2.18. The van der Waals surface area contributed by atoms with Crippen LogP contribution in [0.5, 0.6) is 0 Å². The summed E-state index contributed by atoms with van der Waals surface area (Å²) in [6.45, 7) is 2.49. The Kier molecular flexibility index (Phi) is 4.81. The molecule has 0 aliphatic carbocycles. The van der Waals surface area contributed by atoms with Gasteiger partial charge < -0.3 is 0 Å². The van der Waals surface area contributed by atoms with E-state index in [0.717, 1.165) is 12.1 Å². The quantitative estimate of drug-likeness (QED) is 0.767. The normalized spacial score (nSPS) is 17.9. The smallest absolute Gasteiger partial charge is 0.244 e. The summed E-state index contributed by atoms with van der Waals surface area (Å²) in [5.41, 5.74) is 0. The van der Waals surface area contributed by atoms with Gasteiger partial charge in [-0.05, 0) is 34.1 Å². The average molecular weight is 361 g/mol. The van der Waals surface area contributed by atoms with E-state index in [0.29, 0.717) is 32.7 Å². The van der Waals surface area contributed by atoms with E-state index >= 15 is 0 Å². The molecule has 1 aliphatic heterocycles. The summed E-state index contributed by atoms with van der Waals surface area (Å²) in [5, 5.41) is 0. The number of hydrogen-bond acceptors (Lipinski definition) is 3. The minimum atomic E-state index is -3.61. The number of rotatable bonds is 3. The van der Waals surface area contributed by atoms with Gasteiger partial charge in [0.25, 0.3) is 0 Å². The number of sulfonamides is 1. The van der Waals surface area contributed by atoms with Gasteiger partial charge in [-0.25, -0.2) is 12.8 Å². The van der Waals surface area contributed by atoms with Crippen LogP contribution in [0.25, 0.3) is 0 Å². The molecule has 1 saturated heterocycles. The SMILES string of the molecule is C#CCN1CCN(S(=O)(=O)c2ccc(F)cc2Br)CC1. The van der Waals surface area contributed by atoms with Gasteiger partial charge in [0.05, 0.1) is 11.4 Å². The molecule has 2 rings (SSSR count). The standard InChI is InChI=1S/C13H14BrFN2O2S/c1-2-5-16-6-8-17(9-7-16)20(18,19)13-4-3-11(15)10-12(13)14/h1,3-4,10H,5-9H2. The van der Waals surface area contributed by atoms with Gasteiger partial charge >= 0.3 is 0 Å². The molecule has 1 heterocycles. The Labute approximate surface area is 126 Å². The molecule has 1 aromatic carbocycles. The maximum atomic E-state index is 13.1. The molecule has 20 heavy (non-hydrogen) atoms. The summed E-state index contributed by atoms with van der Waals surface area (Å²) in [4.78, 5) is 2.11. The van der Waals surface area contributed by atoms with Gasteiger partial charge in [-0.15, -0.1) is 6.42 Å². The lowest BCUT2D eigenvalue weighted by Gasteiger charge is -2.33. The largest absolute Gasteiger partial charge is 0.290 e. The molecule has 108 valence electrons. The molecule has 1 aliphatic rings. The first-order valence-corrected chi connectivity index (χ1v) is 8.29. The highest BCUT2D eigenvalue weighted by molar-refractivity contribution is 9.10. The Morgan fingerprint density at radius 1 is 1.30 bits per heavy atom. The maximum absolute atomic E-state index is 13.1. The fraction of sp³-hybridized carbons (Fsp3) is 0.385. The third kappa shape index (κ3) is 3.20. The molecule has 0 atom stereocenters. The predicted molar refractivity (Wildman–Crippen MR) is 78.1 cm³/mol. The lowest BCUT2D eigenvalue weighted by Crippen LogP contribution is -2.48. The van der Waals surface area contributed by atoms with Crippen molar-refractivity contribution in [2.24, 2.45) is 0 Å². The van der Waals surface area contributed by atoms with Crippen LogP contribution in [0.4, 0.5) is 4.39 Å². The zero-order chi connectivity index (χ0) is 14.8. The molecule has 0 aromatic heterocycles. The minimum absolute atomic E-state index is 0.0873. The van der Waals surface area contributed by atoms with E-state index in [-0.39, 0.29) is 9.37 Å². The lowest BCUT2D eigenvalue weighted by molar-refractivity contribution is 0.207. The van der Waals surface area contributed by atoms with Crippen LogP contribution in [-0.2, 0) is 10.0 Å². The molecule has 0 bridgehead atoms. The summed E-state index contributed by atoms with van der Waals surface area (Å²) in [6, 6.07) is 3.58. The van der Waals surface area contributed by atoms with Crippen molar-refractivity contribution in [3.63, 3.8) is 0 Å². The highest BCUT2D eigenvalue weighted by Gasteiger charge is 2.29. The maximum Gasteiger partial charge on any atom is 0.244 e. The molecule has 0 N–H and O–H groups in total. The van der Waals surface area contributed by atoms with E-state index in [2.05, 4.69) is 21.9 Å². The van der Waals surface area contributed by atoms with Crippen LogP contribution in [0.1, 0.15) is 0 Å². The fourth-order valence-electron chi connectivity index (χ4n) is 2.08. The molecule has 1 fully saturated rings. The molecular formula is C13H14BrFN2O2S. The predicted octanol–water partition coefficient (Wildman–Crippen LogP) is 1.53. The van der Waals surface area contributed by atoms with Crippen LogP contribution >= 0.6 is 15.9 Å². The van der Waals surface area contributed by atoms with Gasteiger partial charge in [-0.2, -0.15) is 4.31 Å². The first-order chi connectivity index (χ1) is 9.45. The molecule has 1 aromatic rings. The summed E-state index contributed by atoms with van der Waals surface area (Å²) < 4.78 is 39.7. The number of terminal acetylenes is 1. The van der Waals surface area contributed by atoms with Crippen LogP contribution in [0, 0.1) is 18.2 Å². The Bertz CT molecular complexity index is 634. The zero-order valence-corrected chi connectivity index (χ0v) is 13.1. The number of piperazine rings is 1. The van der Waals surface area contributed by atoms with Crippen LogP contribution < -0.4 is 0 Å². The van der Waals surface area contributed by atoms with Gasteiger partial charge in [0, 0.05) is 30.7 Å². The number of benzene rings is 1. The van der Waals surface area contributed by atoms with Crippen LogP contribution in [0.3, 0.4) is 0 Å². The van der Waals surface area contributed by atoms with Crippen molar-refractivity contribution >= 4 is 26.0 Å². The summed E-state index contributed by atoms with van der Waals surface area (Å²) in [6.07, 6.45) is 5.24. The summed E-state index contributed by atoms with van der Waals surface area (Å²) in [7, 11) is -3.61. The van der Waals surface area contributed by atoms with Crippen molar-refractivity contribution in [2.45, 2.75) is 4.90 Å². The molecule has 0 saturated carbocycles. The topological polar surface area (TPSA) is 40.6 Å². The van der Waals surface area contributed by atoms with Crippen molar-refractivity contribution < 1.29 is 12.8 Å². The number of nitrogens with zero attached hydrogens (tertiary/aromatic N) is 2. The third-order valence-corrected chi connectivity index (χ3v) is 6.03. The van der Waals surface area contributed by atoms with Crippen molar-refractivity contribution in [1.29, 1.82) is 0 Å². The van der Waals surface area contributed by atoms with E-state index in [1.54, 1.807) is 0 Å². The van der Waals surface area contributed by atoms with Crippen molar-refractivity contribution in [2.75, 3.05) is 32.7 Å². The second-order valence-electron chi connectivity index (χ2n) is 4.46. The number of halogens is 2. The molecule has 0 radical (unpaired) electrons. The van der Waals surface area contributed by atoms with Crippen LogP contribution in [0.2, 0.25) is 0 Å². The van der Waals surface area contributed by atoms with Crippen molar-refractivity contribution in [1.82, 2.24) is 9.21 Å². The second kappa shape index (κ2) is 6.22. The number of hydrogen-bond donors (Lipinski definition) is 0. The zero-order valence-electron chi connectivity index (χ0n) is 10.7. The first kappa shape index (κ1) is 15.4. The fourth-order valence-corrected chi connectivity index (χ4v) is 4.51. The Morgan fingerprint density at radius 2 is 1.95 bits per heavy atom. The highest BCUT2D eigenvalue weighted by Crippen LogP contribution is 2.26. The minimum Gasteiger partial charge on any atom is -0.290 e.